The molecule has 0 aliphatic heterocycles. The summed E-state index contributed by atoms with van der Waals surface area (Å²) in [7, 11) is 0. The Morgan fingerprint density at radius 2 is 2.17 bits per heavy atom. The van der Waals surface area contributed by atoms with Crippen LogP contribution in [0.25, 0.3) is 21.6 Å². The second-order valence-corrected chi connectivity index (χ2v) is 6.24. The largest absolute Gasteiger partial charge is 0.478 e. The van der Waals surface area contributed by atoms with Crippen LogP contribution in [-0.4, -0.2) is 31.6 Å². The number of aryl methyl sites for hydroxylation is 2. The van der Waals surface area contributed by atoms with Crippen molar-refractivity contribution in [1.82, 2.24) is 14.8 Å². The highest BCUT2D eigenvalue weighted by molar-refractivity contribution is 7.13. The van der Waals surface area contributed by atoms with E-state index in [9.17, 15) is 14.7 Å². The third-order valence-electron chi connectivity index (χ3n) is 3.56. The number of ketones is 1. The van der Waals surface area contributed by atoms with Gasteiger partial charge in [-0.05, 0) is 31.4 Å². The molecule has 7 heteroatoms. The summed E-state index contributed by atoms with van der Waals surface area (Å²) in [5.41, 5.74) is 1.90. The molecule has 0 aromatic carbocycles. The molecule has 0 amide bonds. The van der Waals surface area contributed by atoms with E-state index in [2.05, 4.69) is 10.1 Å². The van der Waals surface area contributed by atoms with Crippen LogP contribution >= 0.6 is 11.3 Å². The first-order chi connectivity index (χ1) is 11.0. The summed E-state index contributed by atoms with van der Waals surface area (Å²) in [5, 5.41) is 16.4. The van der Waals surface area contributed by atoms with E-state index in [1.807, 2.05) is 17.5 Å². The number of aromatic carboxylic acids is 1. The Morgan fingerprint density at radius 3 is 2.78 bits per heavy atom. The zero-order valence-corrected chi connectivity index (χ0v) is 13.6. The minimum absolute atomic E-state index is 0.0548. The lowest BCUT2D eigenvalue weighted by atomic mass is 10.1. The minimum atomic E-state index is -1.01. The van der Waals surface area contributed by atoms with Crippen LogP contribution in [-0.2, 0) is 11.3 Å². The maximum atomic E-state index is 11.6. The van der Waals surface area contributed by atoms with Crippen LogP contribution in [0.15, 0.2) is 23.6 Å². The SMILES string of the molecule is CC(=O)CCn1nc(C)c2c(C(=O)O)cc(-c3cccs3)nc21. The summed E-state index contributed by atoms with van der Waals surface area (Å²) in [6, 6.07) is 5.37. The lowest BCUT2D eigenvalue weighted by Gasteiger charge is -2.05. The van der Waals surface area contributed by atoms with Crippen molar-refractivity contribution in [3.05, 3.63) is 34.8 Å². The number of rotatable bonds is 5. The summed E-state index contributed by atoms with van der Waals surface area (Å²) in [6.07, 6.45) is 0.337. The average molecular weight is 329 g/mol. The van der Waals surface area contributed by atoms with Crippen LogP contribution in [0.2, 0.25) is 0 Å². The maximum Gasteiger partial charge on any atom is 0.336 e. The van der Waals surface area contributed by atoms with E-state index < -0.39 is 5.97 Å². The van der Waals surface area contributed by atoms with Crippen molar-refractivity contribution < 1.29 is 14.7 Å². The van der Waals surface area contributed by atoms with Crippen molar-refractivity contribution in [3.8, 4) is 10.6 Å². The highest BCUT2D eigenvalue weighted by atomic mass is 32.1. The molecule has 3 rings (SSSR count). The van der Waals surface area contributed by atoms with Crippen LogP contribution in [0.4, 0.5) is 0 Å². The van der Waals surface area contributed by atoms with Gasteiger partial charge in [-0.1, -0.05) is 6.07 Å². The van der Waals surface area contributed by atoms with Crippen molar-refractivity contribution in [2.24, 2.45) is 0 Å². The average Bonchev–Trinajstić information content (AvgIpc) is 3.13. The van der Waals surface area contributed by atoms with Gasteiger partial charge in [-0.2, -0.15) is 5.10 Å². The number of thiophene rings is 1. The standard InChI is InChI=1S/C16H15N3O3S/c1-9(20)5-6-19-15-14(10(2)18-19)11(16(21)22)8-12(17-15)13-4-3-7-23-13/h3-4,7-8H,5-6H2,1-2H3,(H,21,22). The molecule has 0 saturated carbocycles. The molecule has 0 saturated heterocycles. The third-order valence-corrected chi connectivity index (χ3v) is 4.45. The highest BCUT2D eigenvalue weighted by Crippen LogP contribution is 2.29. The summed E-state index contributed by atoms with van der Waals surface area (Å²) >= 11 is 1.50. The molecular formula is C16H15N3O3S. The monoisotopic (exact) mass is 329 g/mol. The molecule has 0 aliphatic carbocycles. The van der Waals surface area contributed by atoms with Crippen LogP contribution < -0.4 is 0 Å². The van der Waals surface area contributed by atoms with Crippen molar-refractivity contribution in [3.63, 3.8) is 0 Å². The molecule has 0 aliphatic rings. The van der Waals surface area contributed by atoms with Gasteiger partial charge < -0.3 is 5.11 Å². The molecule has 3 aromatic rings. The van der Waals surface area contributed by atoms with Crippen molar-refractivity contribution in [1.29, 1.82) is 0 Å². The smallest absolute Gasteiger partial charge is 0.336 e. The Labute approximate surface area is 136 Å². The molecular weight excluding hydrogens is 314 g/mol. The van der Waals surface area contributed by atoms with E-state index in [1.54, 1.807) is 17.7 Å². The number of nitrogens with zero attached hydrogens (tertiary/aromatic N) is 3. The number of carbonyl (C=O) groups is 2. The van der Waals surface area contributed by atoms with Crippen molar-refractivity contribution in [2.45, 2.75) is 26.8 Å². The molecule has 23 heavy (non-hydrogen) atoms. The van der Waals surface area contributed by atoms with Gasteiger partial charge in [-0.25, -0.2) is 14.5 Å². The quantitative estimate of drug-likeness (QED) is 0.777. The second kappa shape index (κ2) is 5.92. The first kappa shape index (κ1) is 15.4. The molecule has 0 spiro atoms. The molecule has 3 heterocycles. The number of carboxylic acid groups (broad SMARTS) is 1. The van der Waals surface area contributed by atoms with Gasteiger partial charge in [0.2, 0.25) is 0 Å². The fourth-order valence-electron chi connectivity index (χ4n) is 2.49. The lowest BCUT2D eigenvalue weighted by molar-refractivity contribution is -0.117. The lowest BCUT2D eigenvalue weighted by Crippen LogP contribution is -2.06. The van der Waals surface area contributed by atoms with E-state index in [-0.39, 0.29) is 11.3 Å². The van der Waals surface area contributed by atoms with Crippen molar-refractivity contribution in [2.75, 3.05) is 0 Å². The van der Waals surface area contributed by atoms with E-state index in [0.29, 0.717) is 35.4 Å². The molecule has 1 N–H and O–H groups in total. The number of hydrogen-bond donors (Lipinski definition) is 1. The van der Waals surface area contributed by atoms with Gasteiger partial charge in [0.1, 0.15) is 5.78 Å². The molecule has 118 valence electrons. The topological polar surface area (TPSA) is 85.1 Å². The van der Waals surface area contributed by atoms with Gasteiger partial charge >= 0.3 is 5.97 Å². The minimum Gasteiger partial charge on any atom is -0.478 e. The fourth-order valence-corrected chi connectivity index (χ4v) is 3.18. The first-order valence-corrected chi connectivity index (χ1v) is 8.00. The number of hydrogen-bond acceptors (Lipinski definition) is 5. The zero-order chi connectivity index (χ0) is 16.6. The van der Waals surface area contributed by atoms with Crippen LogP contribution in [0.3, 0.4) is 0 Å². The van der Waals surface area contributed by atoms with Gasteiger partial charge in [-0.15, -0.1) is 11.3 Å². The zero-order valence-electron chi connectivity index (χ0n) is 12.7. The Hall–Kier alpha value is -2.54. The van der Waals surface area contributed by atoms with Gasteiger partial charge in [0.15, 0.2) is 5.65 Å². The Bertz CT molecular complexity index is 897. The predicted octanol–water partition coefficient (Wildman–Crippen LogP) is 3.15. The van der Waals surface area contributed by atoms with Gasteiger partial charge in [0.25, 0.3) is 0 Å². The molecule has 0 bridgehead atoms. The number of carbonyl (C=O) groups excluding carboxylic acids is 1. The van der Waals surface area contributed by atoms with Crippen molar-refractivity contribution >= 4 is 34.1 Å². The number of fused-ring (bicyclic) bond motifs is 1. The Morgan fingerprint density at radius 1 is 1.39 bits per heavy atom. The highest BCUT2D eigenvalue weighted by Gasteiger charge is 2.20. The predicted molar refractivity (Wildman–Crippen MR) is 87.8 cm³/mol. The number of carboxylic acids is 1. The molecule has 3 aromatic heterocycles. The van der Waals surface area contributed by atoms with E-state index >= 15 is 0 Å². The Kier molecular flexibility index (Phi) is 3.96. The van der Waals surface area contributed by atoms with Crippen LogP contribution in [0, 0.1) is 6.92 Å². The van der Waals surface area contributed by atoms with E-state index in [4.69, 9.17) is 0 Å². The molecule has 0 radical (unpaired) electrons. The molecule has 0 fully saturated rings. The molecule has 6 nitrogen and oxygen atoms in total. The molecule has 0 unspecified atom stereocenters. The first-order valence-electron chi connectivity index (χ1n) is 7.12. The van der Waals surface area contributed by atoms with Crippen LogP contribution in [0.1, 0.15) is 29.4 Å². The van der Waals surface area contributed by atoms with Gasteiger partial charge in [0.05, 0.1) is 33.8 Å². The summed E-state index contributed by atoms with van der Waals surface area (Å²) in [6.45, 7) is 3.66. The van der Waals surface area contributed by atoms with Gasteiger partial charge in [-0.3, -0.25) is 4.79 Å². The van der Waals surface area contributed by atoms with E-state index in [0.717, 1.165) is 4.88 Å². The van der Waals surface area contributed by atoms with E-state index in [1.165, 1.54) is 18.3 Å². The van der Waals surface area contributed by atoms with Crippen LogP contribution in [0.5, 0.6) is 0 Å². The number of aromatic nitrogens is 3. The van der Waals surface area contributed by atoms with Gasteiger partial charge in [0, 0.05) is 6.42 Å². The summed E-state index contributed by atoms with van der Waals surface area (Å²) in [4.78, 5) is 28.4. The second-order valence-electron chi connectivity index (χ2n) is 5.30. The summed E-state index contributed by atoms with van der Waals surface area (Å²) < 4.78 is 1.62. The fraction of sp³-hybridized carbons (Fsp3) is 0.250. The number of Topliss-reactive ketones (excluding diaryl/α,β-unsaturated/α-hetero) is 1. The summed E-state index contributed by atoms with van der Waals surface area (Å²) in [5.74, 6) is -0.955. The maximum absolute atomic E-state index is 11.6. The Balaban J connectivity index is 2.23. The third kappa shape index (κ3) is 2.87. The number of pyridine rings is 1. The molecule has 0 atom stereocenters. The normalized spacial score (nSPS) is 11.0.